The van der Waals surface area contributed by atoms with Crippen molar-refractivity contribution in [1.29, 1.82) is 0 Å². The van der Waals surface area contributed by atoms with Crippen LogP contribution in [0.3, 0.4) is 0 Å². The molecule has 1 spiro atoms. The number of piperidine rings is 1. The molecule has 2 aliphatic rings. The van der Waals surface area contributed by atoms with Gasteiger partial charge in [0.05, 0.1) is 29.3 Å². The highest BCUT2D eigenvalue weighted by molar-refractivity contribution is 7.09. The second-order valence-corrected chi connectivity index (χ2v) is 14.3. The van der Waals surface area contributed by atoms with Gasteiger partial charge in [-0.15, -0.1) is 11.3 Å². The number of H-pyrrole nitrogens is 1. The molecule has 4 heterocycles. The van der Waals surface area contributed by atoms with E-state index in [2.05, 4.69) is 24.9 Å². The number of nitrogens with one attached hydrogen (secondary N) is 2. The fourth-order valence-corrected chi connectivity index (χ4v) is 7.28. The first-order valence-corrected chi connectivity index (χ1v) is 18.0. The van der Waals surface area contributed by atoms with Gasteiger partial charge in [0.1, 0.15) is 11.8 Å². The van der Waals surface area contributed by atoms with Gasteiger partial charge in [-0.25, -0.2) is 14.6 Å². The molecule has 0 bridgehead atoms. The van der Waals surface area contributed by atoms with Crippen molar-refractivity contribution in [3.05, 3.63) is 91.7 Å². The Labute approximate surface area is 313 Å². The standard InChI is InChI=1S/C36H35F6N5O7S/c1-21-44-26(19-55-21)31(49)47-13-14-52-34(20-47)9-11-46(12-10-34)18-23-4-2-3-22(15-23)16-43-17-28(54-33(51)36(40,41)42)24-5-7-27(53-32(50)35(37,38)39)30-25(24)6-8-29(48)45-30/h2-8,15,19,28,43H,9-14,16-18,20H2,1H3,(H,45,48)/t28-/m0/s1. The number of halogens is 6. The predicted octanol–water partition coefficient (Wildman–Crippen LogP) is 5.20. The molecule has 0 aliphatic carbocycles. The highest BCUT2D eigenvalue weighted by Gasteiger charge is 2.44. The Balaban J connectivity index is 1.10. The van der Waals surface area contributed by atoms with Gasteiger partial charge in [-0.2, -0.15) is 26.3 Å². The van der Waals surface area contributed by atoms with Crippen LogP contribution in [0.15, 0.2) is 58.7 Å². The molecule has 294 valence electrons. The third kappa shape index (κ3) is 9.70. The Bertz CT molecular complexity index is 2110. The average Bonchev–Trinajstić information content (AvgIpc) is 3.57. The van der Waals surface area contributed by atoms with Crippen LogP contribution in [-0.4, -0.2) is 94.9 Å². The summed E-state index contributed by atoms with van der Waals surface area (Å²) < 4.78 is 94.2. The zero-order chi connectivity index (χ0) is 39.5. The van der Waals surface area contributed by atoms with Crippen molar-refractivity contribution in [1.82, 2.24) is 25.1 Å². The van der Waals surface area contributed by atoms with Crippen molar-refractivity contribution in [3.8, 4) is 5.75 Å². The van der Waals surface area contributed by atoms with Crippen LogP contribution in [0.1, 0.15) is 51.1 Å². The number of morpholine rings is 1. The van der Waals surface area contributed by atoms with E-state index in [9.17, 15) is 45.5 Å². The molecule has 12 nitrogen and oxygen atoms in total. The smallest absolute Gasteiger partial charge is 0.449 e. The molecule has 2 aliphatic heterocycles. The van der Waals surface area contributed by atoms with Crippen LogP contribution in [-0.2, 0) is 32.2 Å². The summed E-state index contributed by atoms with van der Waals surface area (Å²) in [6.45, 7) is 5.08. The van der Waals surface area contributed by atoms with E-state index in [-0.39, 0.29) is 29.9 Å². The van der Waals surface area contributed by atoms with Crippen molar-refractivity contribution >= 4 is 40.1 Å². The minimum absolute atomic E-state index is 0.0977. The number of alkyl halides is 6. The summed E-state index contributed by atoms with van der Waals surface area (Å²) in [5.74, 6) is -5.90. The lowest BCUT2D eigenvalue weighted by Crippen LogP contribution is -2.58. The predicted molar refractivity (Wildman–Crippen MR) is 185 cm³/mol. The molecule has 19 heteroatoms. The molecular formula is C36H35F6N5O7S. The summed E-state index contributed by atoms with van der Waals surface area (Å²) in [4.78, 5) is 59.3. The van der Waals surface area contributed by atoms with Gasteiger partial charge in [-0.1, -0.05) is 30.3 Å². The fourth-order valence-electron chi connectivity index (χ4n) is 6.69. The SMILES string of the molecule is Cc1nc(C(=O)N2CCOC3(CCN(Cc4cccc(CNC[C@H](OC(=O)C(F)(F)F)c5ccc(OC(=O)C(F)(F)F)c6[nH]c(=O)ccc56)c4)CC3)C2)cs1. The number of aryl methyl sites for hydroxylation is 1. The molecule has 0 radical (unpaired) electrons. The second-order valence-electron chi connectivity index (χ2n) is 13.3. The lowest BCUT2D eigenvalue weighted by atomic mass is 9.89. The van der Waals surface area contributed by atoms with E-state index in [0.717, 1.165) is 66.3 Å². The second kappa shape index (κ2) is 16.1. The zero-order valence-electron chi connectivity index (χ0n) is 29.2. The van der Waals surface area contributed by atoms with E-state index in [1.807, 2.05) is 30.0 Å². The molecule has 4 aromatic rings. The maximum Gasteiger partial charge on any atom is 0.491 e. The molecule has 2 N–H and O–H groups in total. The number of hydrogen-bond donors (Lipinski definition) is 2. The molecule has 1 atom stereocenters. The number of aromatic nitrogens is 2. The number of rotatable bonds is 10. The summed E-state index contributed by atoms with van der Waals surface area (Å²) in [5, 5.41) is 5.46. The normalized spacial score (nSPS) is 17.0. The first-order valence-electron chi connectivity index (χ1n) is 17.1. The minimum Gasteiger partial charge on any atom is -0.449 e. The Morgan fingerprint density at radius 2 is 1.73 bits per heavy atom. The number of benzene rings is 2. The van der Waals surface area contributed by atoms with Crippen LogP contribution >= 0.6 is 11.3 Å². The van der Waals surface area contributed by atoms with Crippen molar-refractivity contribution in [3.63, 3.8) is 0 Å². The Morgan fingerprint density at radius 3 is 2.42 bits per heavy atom. The number of amides is 1. The number of hydrogen-bond acceptors (Lipinski definition) is 11. The number of aromatic amines is 1. The van der Waals surface area contributed by atoms with Gasteiger partial charge in [-0.3, -0.25) is 14.5 Å². The number of carbonyl (C=O) groups is 3. The Hall–Kier alpha value is -4.85. The molecule has 2 saturated heterocycles. The highest BCUT2D eigenvalue weighted by Crippen LogP contribution is 2.35. The summed E-state index contributed by atoms with van der Waals surface area (Å²) >= 11 is 1.43. The number of esters is 2. The zero-order valence-corrected chi connectivity index (χ0v) is 30.0. The third-order valence-electron chi connectivity index (χ3n) is 9.35. The summed E-state index contributed by atoms with van der Waals surface area (Å²) in [6.07, 6.45) is -10.9. The van der Waals surface area contributed by atoms with Crippen LogP contribution in [0.2, 0.25) is 0 Å². The number of thiazole rings is 1. The van der Waals surface area contributed by atoms with Crippen molar-refractivity contribution in [2.24, 2.45) is 0 Å². The van der Waals surface area contributed by atoms with Crippen LogP contribution in [0.4, 0.5) is 26.3 Å². The summed E-state index contributed by atoms with van der Waals surface area (Å²) in [5.41, 5.74) is 0.406. The fraction of sp³-hybridized carbons (Fsp3) is 0.417. The van der Waals surface area contributed by atoms with Crippen LogP contribution in [0.25, 0.3) is 10.9 Å². The van der Waals surface area contributed by atoms with E-state index >= 15 is 0 Å². The van der Waals surface area contributed by atoms with Crippen molar-refractivity contribution in [2.75, 3.05) is 39.3 Å². The third-order valence-corrected chi connectivity index (χ3v) is 10.1. The number of pyridine rings is 1. The van der Waals surface area contributed by atoms with Crippen LogP contribution in [0.5, 0.6) is 5.75 Å². The first-order chi connectivity index (χ1) is 26.0. The largest absolute Gasteiger partial charge is 0.491 e. The topological polar surface area (TPSA) is 143 Å². The number of carbonyl (C=O) groups excluding carboxylic acids is 3. The quantitative estimate of drug-likeness (QED) is 0.125. The number of likely N-dealkylation sites (tertiary alicyclic amines) is 1. The average molecular weight is 796 g/mol. The van der Waals surface area contributed by atoms with Gasteiger partial charge >= 0.3 is 24.3 Å². The van der Waals surface area contributed by atoms with Crippen LogP contribution < -0.4 is 15.6 Å². The molecule has 0 unspecified atom stereocenters. The number of fused-ring (bicyclic) bond motifs is 1. The van der Waals surface area contributed by atoms with E-state index in [1.165, 1.54) is 11.3 Å². The molecule has 2 aromatic carbocycles. The summed E-state index contributed by atoms with van der Waals surface area (Å²) in [7, 11) is 0. The van der Waals surface area contributed by atoms with E-state index in [1.54, 1.807) is 11.4 Å². The van der Waals surface area contributed by atoms with Gasteiger partial charge in [0.15, 0.2) is 5.75 Å². The molecule has 2 fully saturated rings. The van der Waals surface area contributed by atoms with Crippen LogP contribution in [0, 0.1) is 6.92 Å². The van der Waals surface area contributed by atoms with Crippen molar-refractivity contribution in [2.45, 2.75) is 56.9 Å². The van der Waals surface area contributed by atoms with Gasteiger partial charge in [0.2, 0.25) is 5.56 Å². The maximum absolute atomic E-state index is 13.3. The highest BCUT2D eigenvalue weighted by atomic mass is 32.1. The molecular weight excluding hydrogens is 760 g/mol. The lowest BCUT2D eigenvalue weighted by molar-refractivity contribution is -0.205. The molecule has 0 saturated carbocycles. The van der Waals surface area contributed by atoms with E-state index < -0.39 is 52.8 Å². The molecule has 2 aromatic heterocycles. The number of nitrogens with zero attached hydrogens (tertiary/aromatic N) is 3. The van der Waals surface area contributed by atoms with Gasteiger partial charge in [-0.05, 0) is 43.0 Å². The maximum atomic E-state index is 13.3. The lowest BCUT2D eigenvalue weighted by Gasteiger charge is -2.47. The minimum atomic E-state index is -5.38. The van der Waals surface area contributed by atoms with Gasteiger partial charge < -0.3 is 29.4 Å². The number of ether oxygens (including phenoxy) is 3. The van der Waals surface area contributed by atoms with Gasteiger partial charge in [0, 0.05) is 61.7 Å². The Kier molecular flexibility index (Phi) is 11.7. The molecule has 55 heavy (non-hydrogen) atoms. The molecule has 1 amide bonds. The van der Waals surface area contributed by atoms with Crippen molar-refractivity contribution < 1.29 is 54.9 Å². The van der Waals surface area contributed by atoms with E-state index in [4.69, 9.17) is 9.47 Å². The monoisotopic (exact) mass is 795 g/mol. The first kappa shape index (κ1) is 39.8. The summed E-state index contributed by atoms with van der Waals surface area (Å²) in [6, 6.07) is 11.5. The Morgan fingerprint density at radius 1 is 1.00 bits per heavy atom. The van der Waals surface area contributed by atoms with Gasteiger partial charge in [0.25, 0.3) is 5.91 Å². The van der Waals surface area contributed by atoms with E-state index in [0.29, 0.717) is 31.9 Å². The molecule has 6 rings (SSSR count).